The summed E-state index contributed by atoms with van der Waals surface area (Å²) in [7, 11) is 0. The molecule has 0 fully saturated rings. The second-order valence-corrected chi connectivity index (χ2v) is 10.0. The summed E-state index contributed by atoms with van der Waals surface area (Å²) >= 11 is 7.22. The van der Waals surface area contributed by atoms with Gasteiger partial charge >= 0.3 is 0 Å². The molecule has 180 valence electrons. The van der Waals surface area contributed by atoms with E-state index in [1.165, 1.54) is 23.5 Å². The van der Waals surface area contributed by atoms with Crippen LogP contribution in [0.4, 0.5) is 11.4 Å². The minimum absolute atomic E-state index is 0.0315. The summed E-state index contributed by atoms with van der Waals surface area (Å²) in [5, 5.41) is 30.7. The third-order valence-corrected chi connectivity index (χ3v) is 5.87. The molecule has 0 saturated carbocycles. The highest BCUT2D eigenvalue weighted by Gasteiger charge is 2.29. The van der Waals surface area contributed by atoms with E-state index in [1.807, 2.05) is 27.7 Å². The SMILES string of the molecule is Cc1cc(Cl)ccc1NC(=O)C(=NNC(C)(C)C)C(C#N)c1nc(-c2ccc([N+](=O)[O-])cc2)cs1. The van der Waals surface area contributed by atoms with Crippen molar-refractivity contribution in [3.63, 3.8) is 0 Å². The van der Waals surface area contributed by atoms with Gasteiger partial charge < -0.3 is 10.7 Å². The number of rotatable bonds is 7. The highest BCUT2D eigenvalue weighted by atomic mass is 35.5. The molecule has 1 heterocycles. The van der Waals surface area contributed by atoms with Crippen LogP contribution in [0.1, 0.15) is 37.3 Å². The van der Waals surface area contributed by atoms with Crippen LogP contribution in [0, 0.1) is 28.4 Å². The number of aryl methyl sites for hydroxylation is 1. The molecule has 2 aromatic carbocycles. The van der Waals surface area contributed by atoms with Crippen molar-refractivity contribution in [1.29, 1.82) is 5.26 Å². The zero-order chi connectivity index (χ0) is 25.8. The van der Waals surface area contributed by atoms with Gasteiger partial charge in [0, 0.05) is 39.3 Å². The molecule has 3 rings (SSSR count). The molecule has 2 N–H and O–H groups in total. The summed E-state index contributed by atoms with van der Waals surface area (Å²) in [5.74, 6) is -1.60. The number of hydrogen-bond acceptors (Lipinski definition) is 8. The average molecular weight is 511 g/mol. The number of hydrogen-bond donors (Lipinski definition) is 2. The molecule has 0 bridgehead atoms. The molecule has 0 radical (unpaired) electrons. The van der Waals surface area contributed by atoms with Crippen molar-refractivity contribution in [1.82, 2.24) is 10.4 Å². The number of nitro benzene ring substituents is 1. The summed E-state index contributed by atoms with van der Waals surface area (Å²) in [6.45, 7) is 7.46. The zero-order valence-electron chi connectivity index (χ0n) is 19.5. The van der Waals surface area contributed by atoms with Crippen LogP contribution < -0.4 is 10.7 Å². The molecule has 1 aromatic heterocycles. The second kappa shape index (κ2) is 10.6. The van der Waals surface area contributed by atoms with Crippen molar-refractivity contribution in [2.75, 3.05) is 5.32 Å². The Hall–Kier alpha value is -3.81. The summed E-state index contributed by atoms with van der Waals surface area (Å²) < 4.78 is 0. The lowest BCUT2D eigenvalue weighted by molar-refractivity contribution is -0.384. The molecule has 1 unspecified atom stereocenters. The lowest BCUT2D eigenvalue weighted by atomic mass is 10.0. The molecule has 0 saturated heterocycles. The minimum atomic E-state index is -1.05. The number of nitrogens with one attached hydrogen (secondary N) is 2. The maximum atomic E-state index is 13.3. The third-order valence-electron chi connectivity index (χ3n) is 4.73. The Balaban J connectivity index is 1.95. The summed E-state index contributed by atoms with van der Waals surface area (Å²) in [6, 6.07) is 13.2. The van der Waals surface area contributed by atoms with E-state index in [-0.39, 0.29) is 11.4 Å². The van der Waals surface area contributed by atoms with E-state index >= 15 is 0 Å². The number of anilines is 1. The van der Waals surface area contributed by atoms with Crippen LogP contribution in [0.5, 0.6) is 0 Å². The molecule has 3 aromatic rings. The van der Waals surface area contributed by atoms with Crippen molar-refractivity contribution in [2.45, 2.75) is 39.2 Å². The predicted molar refractivity (Wildman–Crippen MR) is 138 cm³/mol. The quantitative estimate of drug-likeness (QED) is 0.239. The van der Waals surface area contributed by atoms with E-state index in [0.29, 0.717) is 27.0 Å². The maximum absolute atomic E-state index is 13.3. The number of carbonyl (C=O) groups is 1. The van der Waals surface area contributed by atoms with E-state index in [2.05, 4.69) is 26.9 Å². The van der Waals surface area contributed by atoms with Crippen molar-refractivity contribution < 1.29 is 9.72 Å². The van der Waals surface area contributed by atoms with Gasteiger partial charge in [-0.25, -0.2) is 4.98 Å². The Labute approximate surface area is 211 Å². The average Bonchev–Trinajstić information content (AvgIpc) is 3.27. The van der Waals surface area contributed by atoms with Crippen LogP contribution in [0.25, 0.3) is 11.3 Å². The fourth-order valence-corrected chi connectivity index (χ4v) is 4.07. The van der Waals surface area contributed by atoms with E-state index in [9.17, 15) is 20.2 Å². The zero-order valence-corrected chi connectivity index (χ0v) is 21.1. The number of nitriles is 1. The summed E-state index contributed by atoms with van der Waals surface area (Å²) in [5.41, 5.74) is 4.90. The van der Waals surface area contributed by atoms with Crippen LogP contribution in [-0.4, -0.2) is 27.1 Å². The molecular formula is C24H23ClN6O3S. The highest BCUT2D eigenvalue weighted by molar-refractivity contribution is 7.10. The van der Waals surface area contributed by atoms with Crippen LogP contribution in [0.15, 0.2) is 52.9 Å². The smallest absolute Gasteiger partial charge is 0.273 e. The van der Waals surface area contributed by atoms with Gasteiger partial charge in [-0.1, -0.05) is 11.6 Å². The largest absolute Gasteiger partial charge is 0.321 e. The molecular weight excluding hydrogens is 488 g/mol. The minimum Gasteiger partial charge on any atom is -0.321 e. The number of benzene rings is 2. The number of aromatic nitrogens is 1. The van der Waals surface area contributed by atoms with Gasteiger partial charge in [0.15, 0.2) is 0 Å². The second-order valence-electron chi connectivity index (χ2n) is 8.71. The fraction of sp³-hybridized carbons (Fsp3) is 0.250. The molecule has 0 spiro atoms. The number of amides is 1. The Morgan fingerprint density at radius 3 is 2.51 bits per heavy atom. The molecule has 11 heteroatoms. The van der Waals surface area contributed by atoms with Crippen LogP contribution in [0.3, 0.4) is 0 Å². The molecule has 1 atom stereocenters. The van der Waals surface area contributed by atoms with Gasteiger partial charge in [-0.3, -0.25) is 14.9 Å². The van der Waals surface area contributed by atoms with Crippen molar-refractivity contribution in [3.8, 4) is 17.3 Å². The first-order valence-corrected chi connectivity index (χ1v) is 11.8. The van der Waals surface area contributed by atoms with Gasteiger partial charge in [-0.2, -0.15) is 10.4 Å². The first-order valence-electron chi connectivity index (χ1n) is 10.5. The summed E-state index contributed by atoms with van der Waals surface area (Å²) in [4.78, 5) is 28.2. The monoisotopic (exact) mass is 510 g/mol. The normalized spacial score (nSPS) is 12.5. The van der Waals surface area contributed by atoms with Crippen LogP contribution in [0.2, 0.25) is 5.02 Å². The van der Waals surface area contributed by atoms with E-state index < -0.39 is 22.3 Å². The fourth-order valence-electron chi connectivity index (χ4n) is 2.97. The molecule has 9 nitrogen and oxygen atoms in total. The van der Waals surface area contributed by atoms with Gasteiger partial charge in [0.2, 0.25) is 0 Å². The van der Waals surface area contributed by atoms with Gasteiger partial charge in [-0.15, -0.1) is 11.3 Å². The van der Waals surface area contributed by atoms with Crippen LogP contribution in [-0.2, 0) is 4.79 Å². The maximum Gasteiger partial charge on any atom is 0.273 e. The number of non-ortho nitro benzene ring substituents is 1. The van der Waals surface area contributed by atoms with E-state index in [1.54, 1.807) is 35.7 Å². The predicted octanol–water partition coefficient (Wildman–Crippen LogP) is 5.67. The molecule has 35 heavy (non-hydrogen) atoms. The Bertz CT molecular complexity index is 1320. The van der Waals surface area contributed by atoms with Gasteiger partial charge in [0.25, 0.3) is 11.6 Å². The Morgan fingerprint density at radius 1 is 1.26 bits per heavy atom. The Morgan fingerprint density at radius 2 is 1.94 bits per heavy atom. The van der Waals surface area contributed by atoms with Crippen molar-refractivity contribution in [3.05, 3.63) is 73.6 Å². The summed E-state index contributed by atoms with van der Waals surface area (Å²) in [6.07, 6.45) is 0. The number of hydrazone groups is 1. The van der Waals surface area contributed by atoms with Crippen LogP contribution >= 0.6 is 22.9 Å². The Kier molecular flexibility index (Phi) is 7.84. The molecule has 1 amide bonds. The van der Waals surface area contributed by atoms with Crippen molar-refractivity contribution >= 4 is 45.9 Å². The van der Waals surface area contributed by atoms with Gasteiger partial charge in [0.05, 0.1) is 16.7 Å². The number of halogens is 1. The lowest BCUT2D eigenvalue weighted by Crippen LogP contribution is -2.36. The van der Waals surface area contributed by atoms with Gasteiger partial charge in [0.1, 0.15) is 16.6 Å². The number of nitro groups is 1. The number of thiazole rings is 1. The van der Waals surface area contributed by atoms with Gasteiger partial charge in [-0.05, 0) is 63.6 Å². The first kappa shape index (κ1) is 25.8. The molecule has 0 aliphatic carbocycles. The van der Waals surface area contributed by atoms with E-state index in [0.717, 1.165) is 5.56 Å². The lowest BCUT2D eigenvalue weighted by Gasteiger charge is -2.20. The highest BCUT2D eigenvalue weighted by Crippen LogP contribution is 2.29. The first-order chi connectivity index (χ1) is 16.5. The number of nitrogens with zero attached hydrogens (tertiary/aromatic N) is 4. The number of carbonyl (C=O) groups excluding carboxylic acids is 1. The standard InChI is InChI=1S/C24H23ClN6O3S/c1-14-11-16(25)7-10-19(14)27-22(32)21(29-30-24(2,3)4)18(12-26)23-28-20(13-35-23)15-5-8-17(9-6-15)31(33)34/h5-11,13,18,30H,1-4H3,(H,27,32). The van der Waals surface area contributed by atoms with E-state index in [4.69, 9.17) is 11.6 Å². The molecule has 0 aliphatic heterocycles. The topological polar surface area (TPSA) is 133 Å². The molecule has 0 aliphatic rings. The van der Waals surface area contributed by atoms with Crippen molar-refractivity contribution in [2.24, 2.45) is 5.10 Å². The third kappa shape index (κ3) is 6.62.